The number of likely N-dealkylation sites (N-methyl/N-ethyl adjacent to an activating group) is 1. The topological polar surface area (TPSA) is 33.5 Å². The molecule has 4 nitrogen and oxygen atoms in total. The second kappa shape index (κ2) is 7.92. The van der Waals surface area contributed by atoms with Gasteiger partial charge < -0.3 is 9.80 Å². The van der Waals surface area contributed by atoms with Crippen LogP contribution in [0, 0.1) is 17.2 Å². The molecule has 1 aromatic rings. The van der Waals surface area contributed by atoms with Gasteiger partial charge in [-0.25, -0.2) is 0 Å². The van der Waals surface area contributed by atoms with E-state index in [0.29, 0.717) is 0 Å². The van der Waals surface area contributed by atoms with E-state index in [2.05, 4.69) is 39.9 Å². The van der Waals surface area contributed by atoms with Gasteiger partial charge in [0.05, 0.1) is 11.6 Å². The lowest BCUT2D eigenvalue weighted by atomic mass is 9.96. The van der Waals surface area contributed by atoms with Crippen LogP contribution in [0.2, 0.25) is 0 Å². The molecule has 2 aliphatic rings. The number of likely N-dealkylation sites (tertiary alicyclic amines) is 1. The van der Waals surface area contributed by atoms with Crippen LogP contribution in [0.4, 0.5) is 0 Å². The Morgan fingerprint density at radius 3 is 2.48 bits per heavy atom. The minimum Gasteiger partial charge on any atom is -0.304 e. The number of piperidine rings is 1. The minimum absolute atomic E-state index is 0.750. The number of rotatable bonds is 4. The molecule has 0 N–H and O–H groups in total. The molecule has 124 valence electrons. The molecule has 0 aromatic heterocycles. The van der Waals surface area contributed by atoms with E-state index in [1.165, 1.54) is 64.2 Å². The quantitative estimate of drug-likeness (QED) is 0.852. The van der Waals surface area contributed by atoms with Crippen molar-refractivity contribution in [2.24, 2.45) is 5.92 Å². The summed E-state index contributed by atoms with van der Waals surface area (Å²) in [4.78, 5) is 7.66. The van der Waals surface area contributed by atoms with E-state index < -0.39 is 0 Å². The third-order valence-electron chi connectivity index (χ3n) is 5.20. The van der Waals surface area contributed by atoms with Crippen molar-refractivity contribution in [2.75, 3.05) is 52.9 Å². The smallest absolute Gasteiger partial charge is 0.0991 e. The van der Waals surface area contributed by atoms with Crippen LogP contribution in [0.1, 0.15) is 24.0 Å². The van der Waals surface area contributed by atoms with E-state index in [9.17, 15) is 0 Å². The van der Waals surface area contributed by atoms with E-state index in [4.69, 9.17) is 5.26 Å². The zero-order valence-corrected chi connectivity index (χ0v) is 14.2. The number of piperazine rings is 1. The highest BCUT2D eigenvalue weighted by molar-refractivity contribution is 5.31. The molecule has 1 aromatic carbocycles. The Morgan fingerprint density at radius 1 is 1.04 bits per heavy atom. The van der Waals surface area contributed by atoms with Crippen LogP contribution < -0.4 is 0 Å². The van der Waals surface area contributed by atoms with Gasteiger partial charge in [-0.1, -0.05) is 12.1 Å². The summed E-state index contributed by atoms with van der Waals surface area (Å²) >= 11 is 0. The Balaban J connectivity index is 1.48. The molecule has 0 saturated carbocycles. The summed E-state index contributed by atoms with van der Waals surface area (Å²) < 4.78 is 0. The van der Waals surface area contributed by atoms with Crippen molar-refractivity contribution in [1.82, 2.24) is 14.7 Å². The predicted octanol–water partition coefficient (Wildman–Crippen LogP) is 2.02. The van der Waals surface area contributed by atoms with Gasteiger partial charge in [0.2, 0.25) is 0 Å². The summed E-state index contributed by atoms with van der Waals surface area (Å²) in [7, 11) is 2.22. The highest BCUT2D eigenvalue weighted by atomic mass is 15.2. The van der Waals surface area contributed by atoms with Gasteiger partial charge in [0, 0.05) is 45.8 Å². The molecular formula is C19H28N4. The van der Waals surface area contributed by atoms with Gasteiger partial charge in [-0.05, 0) is 50.0 Å². The lowest BCUT2D eigenvalue weighted by Gasteiger charge is -2.38. The zero-order chi connectivity index (χ0) is 16.1. The van der Waals surface area contributed by atoms with Crippen LogP contribution in [0.15, 0.2) is 24.3 Å². The number of nitriles is 1. The molecule has 0 spiro atoms. The molecule has 3 rings (SSSR count). The van der Waals surface area contributed by atoms with Gasteiger partial charge in [0.25, 0.3) is 0 Å². The van der Waals surface area contributed by atoms with E-state index in [1.807, 2.05) is 12.1 Å². The largest absolute Gasteiger partial charge is 0.304 e. The van der Waals surface area contributed by atoms with Crippen LogP contribution in [0.3, 0.4) is 0 Å². The van der Waals surface area contributed by atoms with Gasteiger partial charge in [0.15, 0.2) is 0 Å². The molecule has 1 atom stereocenters. The van der Waals surface area contributed by atoms with Gasteiger partial charge in [-0.15, -0.1) is 0 Å². The van der Waals surface area contributed by atoms with Crippen molar-refractivity contribution in [3.8, 4) is 6.07 Å². The highest BCUT2D eigenvalue weighted by Crippen LogP contribution is 2.20. The number of hydrogen-bond acceptors (Lipinski definition) is 4. The fourth-order valence-electron chi connectivity index (χ4n) is 3.78. The first-order valence-corrected chi connectivity index (χ1v) is 8.85. The van der Waals surface area contributed by atoms with Gasteiger partial charge in [-0.3, -0.25) is 4.90 Å². The predicted molar refractivity (Wildman–Crippen MR) is 93.1 cm³/mol. The van der Waals surface area contributed by atoms with Crippen molar-refractivity contribution in [2.45, 2.75) is 19.4 Å². The van der Waals surface area contributed by atoms with Crippen LogP contribution in [0.25, 0.3) is 0 Å². The Labute approximate surface area is 140 Å². The second-order valence-corrected chi connectivity index (χ2v) is 7.16. The first-order valence-electron chi connectivity index (χ1n) is 8.85. The maximum absolute atomic E-state index is 8.89. The average molecular weight is 312 g/mol. The first kappa shape index (κ1) is 16.4. The summed E-state index contributed by atoms with van der Waals surface area (Å²) in [6, 6.07) is 10.3. The van der Waals surface area contributed by atoms with Crippen LogP contribution in [-0.2, 0) is 6.54 Å². The van der Waals surface area contributed by atoms with Gasteiger partial charge in [0.1, 0.15) is 0 Å². The standard InChI is InChI=1S/C19H28N4/c1-21-9-11-22(12-10-21)15-19-3-2-8-23(16-19)14-18-6-4-17(13-20)5-7-18/h4-7,19H,2-3,8-12,14-16H2,1H3/t19-/m1/s1. The van der Waals surface area contributed by atoms with Crippen molar-refractivity contribution in [3.05, 3.63) is 35.4 Å². The lowest BCUT2D eigenvalue weighted by Crippen LogP contribution is -2.48. The summed E-state index contributed by atoms with van der Waals surface area (Å²) in [6.07, 6.45) is 2.69. The van der Waals surface area contributed by atoms with E-state index >= 15 is 0 Å². The van der Waals surface area contributed by atoms with Gasteiger partial charge >= 0.3 is 0 Å². The molecule has 0 aliphatic carbocycles. The summed E-state index contributed by atoms with van der Waals surface area (Å²) in [5, 5.41) is 8.89. The zero-order valence-electron chi connectivity index (χ0n) is 14.2. The van der Waals surface area contributed by atoms with Crippen molar-refractivity contribution >= 4 is 0 Å². The fourth-order valence-corrected chi connectivity index (χ4v) is 3.78. The lowest BCUT2D eigenvalue weighted by molar-refractivity contribution is 0.0966. The van der Waals surface area contributed by atoms with Gasteiger partial charge in [-0.2, -0.15) is 5.26 Å². The molecule has 2 fully saturated rings. The van der Waals surface area contributed by atoms with Crippen molar-refractivity contribution in [1.29, 1.82) is 5.26 Å². The number of benzene rings is 1. The third kappa shape index (κ3) is 4.78. The normalized spacial score (nSPS) is 24.4. The second-order valence-electron chi connectivity index (χ2n) is 7.16. The highest BCUT2D eigenvalue weighted by Gasteiger charge is 2.23. The molecule has 0 radical (unpaired) electrons. The minimum atomic E-state index is 0.750. The van der Waals surface area contributed by atoms with E-state index in [0.717, 1.165) is 18.0 Å². The third-order valence-corrected chi connectivity index (χ3v) is 5.20. The Morgan fingerprint density at radius 2 is 1.78 bits per heavy atom. The van der Waals surface area contributed by atoms with Crippen molar-refractivity contribution < 1.29 is 0 Å². The maximum atomic E-state index is 8.89. The van der Waals surface area contributed by atoms with E-state index in [1.54, 1.807) is 0 Å². The monoisotopic (exact) mass is 312 g/mol. The SMILES string of the molecule is CN1CCN(C[C@H]2CCCN(Cc3ccc(C#N)cc3)C2)CC1. The first-order chi connectivity index (χ1) is 11.2. The molecular weight excluding hydrogens is 284 g/mol. The van der Waals surface area contributed by atoms with Crippen LogP contribution >= 0.6 is 0 Å². The summed E-state index contributed by atoms with van der Waals surface area (Å²) in [5.74, 6) is 0.811. The molecule has 0 amide bonds. The summed E-state index contributed by atoms with van der Waals surface area (Å²) in [5.41, 5.74) is 2.07. The molecule has 4 heteroatoms. The van der Waals surface area contributed by atoms with Crippen LogP contribution in [-0.4, -0.2) is 67.6 Å². The molecule has 0 bridgehead atoms. The molecule has 0 unspecified atom stereocenters. The molecule has 2 aliphatic heterocycles. The number of nitrogens with zero attached hydrogens (tertiary/aromatic N) is 4. The summed E-state index contributed by atoms with van der Waals surface area (Å²) in [6.45, 7) is 9.57. The molecule has 23 heavy (non-hydrogen) atoms. The van der Waals surface area contributed by atoms with E-state index in [-0.39, 0.29) is 0 Å². The molecule has 2 heterocycles. The Bertz CT molecular complexity index is 525. The fraction of sp³-hybridized carbons (Fsp3) is 0.632. The Hall–Kier alpha value is -1.41. The number of hydrogen-bond donors (Lipinski definition) is 0. The Kier molecular flexibility index (Phi) is 5.66. The molecule has 2 saturated heterocycles. The van der Waals surface area contributed by atoms with Crippen LogP contribution in [0.5, 0.6) is 0 Å². The average Bonchev–Trinajstić information content (AvgIpc) is 2.58. The maximum Gasteiger partial charge on any atom is 0.0991 e. The van der Waals surface area contributed by atoms with Crippen molar-refractivity contribution in [3.63, 3.8) is 0 Å².